The quantitative estimate of drug-likeness (QED) is 0.593. The molecule has 0 aliphatic carbocycles. The first-order valence-corrected chi connectivity index (χ1v) is 8.93. The Morgan fingerprint density at radius 1 is 1.35 bits per heavy atom. The van der Waals surface area contributed by atoms with E-state index in [1.165, 1.54) is 17.4 Å². The molecule has 2 amide bonds. The number of nitrogens with one attached hydrogen (secondary N) is 1. The Hall–Kier alpha value is -2.71. The molecular formula is C18H18N2O5S. The molecule has 0 saturated heterocycles. The molecule has 0 bridgehead atoms. The van der Waals surface area contributed by atoms with Crippen molar-refractivity contribution in [2.24, 2.45) is 0 Å². The van der Waals surface area contributed by atoms with Crippen LogP contribution < -0.4 is 5.32 Å². The monoisotopic (exact) mass is 374 g/mol. The van der Waals surface area contributed by atoms with Gasteiger partial charge in [-0.15, -0.1) is 11.3 Å². The Bertz CT molecular complexity index is 931. The van der Waals surface area contributed by atoms with Crippen LogP contribution in [0.4, 0.5) is 5.69 Å². The molecule has 2 heterocycles. The first kappa shape index (κ1) is 18.1. The van der Waals surface area contributed by atoms with E-state index in [2.05, 4.69) is 5.32 Å². The van der Waals surface area contributed by atoms with Crippen LogP contribution in [0, 0.1) is 6.92 Å². The number of imide groups is 1. The van der Waals surface area contributed by atoms with Gasteiger partial charge < -0.3 is 15.2 Å². The van der Waals surface area contributed by atoms with E-state index in [1.807, 2.05) is 19.1 Å². The number of fused-ring (bicyclic) bond motifs is 1. The summed E-state index contributed by atoms with van der Waals surface area (Å²) in [4.78, 5) is 37.6. The summed E-state index contributed by atoms with van der Waals surface area (Å²) in [6.07, 6.45) is 1.21. The number of rotatable bonds is 6. The minimum Gasteiger partial charge on any atom is -0.462 e. The Morgan fingerprint density at radius 3 is 2.81 bits per heavy atom. The molecule has 7 nitrogen and oxygen atoms in total. The number of hydrogen-bond donors (Lipinski definition) is 2. The highest BCUT2D eigenvalue weighted by molar-refractivity contribution is 7.21. The molecule has 0 unspecified atom stereocenters. The van der Waals surface area contributed by atoms with E-state index >= 15 is 0 Å². The number of anilines is 1. The van der Waals surface area contributed by atoms with Gasteiger partial charge in [0.15, 0.2) is 0 Å². The van der Waals surface area contributed by atoms with E-state index in [1.54, 1.807) is 13.0 Å². The molecule has 1 aliphatic rings. The standard InChI is InChI=1S/C18H18N2O5S/c1-3-25-18(24)16-10(2)12-8-11(4-5-14(12)26-16)19-13-9-15(22)20(6-7-21)17(13)23/h4-5,8-9,19,21H,3,6-7H2,1-2H3. The van der Waals surface area contributed by atoms with Crippen LogP contribution in [0.15, 0.2) is 30.0 Å². The smallest absolute Gasteiger partial charge is 0.348 e. The van der Waals surface area contributed by atoms with Crippen LogP contribution in [0.3, 0.4) is 0 Å². The van der Waals surface area contributed by atoms with E-state index in [-0.39, 0.29) is 24.8 Å². The zero-order valence-electron chi connectivity index (χ0n) is 14.4. The number of ether oxygens (including phenoxy) is 1. The molecule has 8 heteroatoms. The summed E-state index contributed by atoms with van der Waals surface area (Å²) in [5.41, 5.74) is 1.60. The van der Waals surface area contributed by atoms with Gasteiger partial charge in [0, 0.05) is 16.5 Å². The average molecular weight is 374 g/mol. The summed E-state index contributed by atoms with van der Waals surface area (Å²) >= 11 is 1.36. The van der Waals surface area contributed by atoms with Gasteiger partial charge in [0.2, 0.25) is 0 Å². The lowest BCUT2D eigenvalue weighted by Gasteiger charge is -2.13. The molecule has 1 aromatic carbocycles. The molecule has 0 atom stereocenters. The first-order valence-electron chi connectivity index (χ1n) is 8.12. The molecular weight excluding hydrogens is 356 g/mol. The third-order valence-electron chi connectivity index (χ3n) is 4.01. The van der Waals surface area contributed by atoms with Crippen molar-refractivity contribution in [1.29, 1.82) is 0 Å². The van der Waals surface area contributed by atoms with Gasteiger partial charge >= 0.3 is 5.97 Å². The molecule has 2 N–H and O–H groups in total. The van der Waals surface area contributed by atoms with E-state index in [0.717, 1.165) is 20.5 Å². The van der Waals surface area contributed by atoms with E-state index < -0.39 is 11.8 Å². The van der Waals surface area contributed by atoms with Gasteiger partial charge in [-0.1, -0.05) is 0 Å². The fourth-order valence-electron chi connectivity index (χ4n) is 2.76. The summed E-state index contributed by atoms with van der Waals surface area (Å²) < 4.78 is 6.01. The van der Waals surface area contributed by atoms with Crippen LogP contribution in [0.1, 0.15) is 22.2 Å². The highest BCUT2D eigenvalue weighted by Gasteiger charge is 2.30. The van der Waals surface area contributed by atoms with Gasteiger partial charge in [-0.25, -0.2) is 4.79 Å². The first-order chi connectivity index (χ1) is 12.5. The lowest BCUT2D eigenvalue weighted by molar-refractivity contribution is -0.137. The number of amides is 2. The van der Waals surface area contributed by atoms with Crippen molar-refractivity contribution in [2.45, 2.75) is 13.8 Å². The van der Waals surface area contributed by atoms with E-state index in [9.17, 15) is 14.4 Å². The normalized spacial score (nSPS) is 14.1. The van der Waals surface area contributed by atoms with Gasteiger partial charge in [-0.05, 0) is 43.0 Å². The van der Waals surface area contributed by atoms with Crippen molar-refractivity contribution < 1.29 is 24.2 Å². The second-order valence-corrected chi connectivity index (χ2v) is 6.74. The second-order valence-electron chi connectivity index (χ2n) is 5.69. The SMILES string of the molecule is CCOC(=O)c1sc2ccc(NC3=CC(=O)N(CCO)C3=O)cc2c1C. The van der Waals surface area contributed by atoms with E-state index in [4.69, 9.17) is 9.84 Å². The third-order valence-corrected chi connectivity index (χ3v) is 5.26. The highest BCUT2D eigenvalue weighted by atomic mass is 32.1. The number of thiophene rings is 1. The number of hydrogen-bond acceptors (Lipinski definition) is 7. The molecule has 1 aliphatic heterocycles. The molecule has 0 saturated carbocycles. The van der Waals surface area contributed by atoms with Crippen molar-refractivity contribution in [1.82, 2.24) is 4.90 Å². The molecule has 3 rings (SSSR count). The van der Waals surface area contributed by atoms with Crippen LogP contribution in [-0.2, 0) is 14.3 Å². The van der Waals surface area contributed by atoms with Crippen molar-refractivity contribution in [3.8, 4) is 0 Å². The maximum Gasteiger partial charge on any atom is 0.348 e. The van der Waals surface area contributed by atoms with Crippen LogP contribution in [0.5, 0.6) is 0 Å². The number of nitrogens with zero attached hydrogens (tertiary/aromatic N) is 1. The van der Waals surface area contributed by atoms with Crippen molar-refractivity contribution >= 4 is 44.9 Å². The molecule has 1 aromatic heterocycles. The lowest BCUT2D eigenvalue weighted by Crippen LogP contribution is -2.34. The highest BCUT2D eigenvalue weighted by Crippen LogP contribution is 2.33. The summed E-state index contributed by atoms with van der Waals surface area (Å²) in [7, 11) is 0. The summed E-state index contributed by atoms with van der Waals surface area (Å²) in [5.74, 6) is -1.28. The van der Waals surface area contributed by atoms with Crippen LogP contribution in [0.2, 0.25) is 0 Å². The molecule has 2 aromatic rings. The minimum atomic E-state index is -0.474. The van der Waals surface area contributed by atoms with Crippen molar-refractivity contribution in [3.63, 3.8) is 0 Å². The second kappa shape index (κ2) is 7.27. The summed E-state index contributed by atoms with van der Waals surface area (Å²) in [6, 6.07) is 5.46. The Balaban J connectivity index is 1.87. The average Bonchev–Trinajstić information content (AvgIpc) is 3.07. The molecule has 136 valence electrons. The van der Waals surface area contributed by atoms with Gasteiger partial charge in [0.25, 0.3) is 11.8 Å². The number of β-amino-alcohol motifs (C(OH)–C–C–N with tert-alkyl or cyclic N) is 1. The van der Waals surface area contributed by atoms with Gasteiger partial charge in [0.1, 0.15) is 10.6 Å². The minimum absolute atomic E-state index is 0.0368. The Labute approximate surface area is 153 Å². The largest absolute Gasteiger partial charge is 0.462 e. The predicted octanol–water partition coefficient (Wildman–Crippen LogP) is 2.04. The Morgan fingerprint density at radius 2 is 2.12 bits per heavy atom. The van der Waals surface area contributed by atoms with E-state index in [0.29, 0.717) is 17.2 Å². The predicted molar refractivity (Wildman–Crippen MR) is 98.0 cm³/mol. The fraction of sp³-hybridized carbons (Fsp3) is 0.278. The van der Waals surface area contributed by atoms with Crippen molar-refractivity contribution in [2.75, 3.05) is 25.1 Å². The fourth-order valence-corrected chi connectivity index (χ4v) is 3.84. The van der Waals surface area contributed by atoms with Crippen LogP contribution in [-0.4, -0.2) is 47.5 Å². The number of carbonyl (C=O) groups excluding carboxylic acids is 3. The number of esters is 1. The summed E-state index contributed by atoms with van der Waals surface area (Å²) in [6.45, 7) is 3.60. The van der Waals surface area contributed by atoms with Crippen LogP contribution in [0.25, 0.3) is 10.1 Å². The van der Waals surface area contributed by atoms with Crippen molar-refractivity contribution in [3.05, 3.63) is 40.4 Å². The molecule has 0 spiro atoms. The zero-order valence-corrected chi connectivity index (χ0v) is 15.2. The molecule has 0 fully saturated rings. The Kier molecular flexibility index (Phi) is 5.06. The number of aliphatic hydroxyl groups is 1. The maximum atomic E-state index is 12.2. The maximum absolute atomic E-state index is 12.2. The van der Waals surface area contributed by atoms with Gasteiger partial charge in [0.05, 0.1) is 19.8 Å². The number of benzene rings is 1. The van der Waals surface area contributed by atoms with Gasteiger partial charge in [-0.2, -0.15) is 0 Å². The number of aliphatic hydroxyl groups excluding tert-OH is 1. The lowest BCUT2D eigenvalue weighted by atomic mass is 10.1. The molecule has 0 radical (unpaired) electrons. The number of aryl methyl sites for hydroxylation is 1. The van der Waals surface area contributed by atoms with Crippen LogP contribution >= 0.6 is 11.3 Å². The molecule has 26 heavy (non-hydrogen) atoms. The topological polar surface area (TPSA) is 95.9 Å². The third kappa shape index (κ3) is 3.21. The number of carbonyl (C=O) groups is 3. The van der Waals surface area contributed by atoms with Gasteiger partial charge in [-0.3, -0.25) is 14.5 Å². The zero-order chi connectivity index (χ0) is 18.8. The summed E-state index contributed by atoms with van der Waals surface area (Å²) in [5, 5.41) is 12.8.